The lowest BCUT2D eigenvalue weighted by Gasteiger charge is -2.35. The number of anilines is 1. The van der Waals surface area contributed by atoms with Crippen LogP contribution in [-0.2, 0) is 0 Å². The van der Waals surface area contributed by atoms with E-state index in [-0.39, 0.29) is 5.54 Å². The van der Waals surface area contributed by atoms with Gasteiger partial charge in [0.05, 0.1) is 28.1 Å². The summed E-state index contributed by atoms with van der Waals surface area (Å²) in [6.07, 6.45) is 4.03. The normalized spacial score (nSPS) is 17.5. The van der Waals surface area contributed by atoms with Gasteiger partial charge in [-0.15, -0.1) is 0 Å². The van der Waals surface area contributed by atoms with Crippen LogP contribution in [0, 0.1) is 6.92 Å². The molecule has 2 heterocycles. The van der Waals surface area contributed by atoms with E-state index in [0.29, 0.717) is 5.02 Å². The summed E-state index contributed by atoms with van der Waals surface area (Å²) >= 11 is 6.27. The first-order valence-corrected chi connectivity index (χ1v) is 8.03. The molecule has 3 rings (SSSR count). The van der Waals surface area contributed by atoms with Crippen LogP contribution in [0.2, 0.25) is 5.02 Å². The maximum absolute atomic E-state index is 6.27. The van der Waals surface area contributed by atoms with Gasteiger partial charge in [-0.3, -0.25) is 4.98 Å². The lowest BCUT2D eigenvalue weighted by molar-refractivity contribution is -0.475. The molecule has 0 atom stereocenters. The van der Waals surface area contributed by atoms with Crippen LogP contribution in [0.5, 0.6) is 0 Å². The standard InChI is InChI=1S/C17H21ClN4/c1-12-16(13-5-3-4-6-14(13)18)20-11-15(21-12)22-9-7-17(2,19)8-10-22/h3-6,11H,7-10,19H2,1-2H3/p+1. The van der Waals surface area contributed by atoms with Crippen LogP contribution in [-0.4, -0.2) is 28.6 Å². The third-order valence-corrected chi connectivity index (χ3v) is 4.69. The lowest BCUT2D eigenvalue weighted by atomic mass is 9.91. The Morgan fingerprint density at radius 2 is 1.91 bits per heavy atom. The molecule has 0 bridgehead atoms. The molecule has 116 valence electrons. The summed E-state index contributed by atoms with van der Waals surface area (Å²) in [6.45, 7) is 6.19. The molecule has 2 aromatic rings. The van der Waals surface area contributed by atoms with Gasteiger partial charge >= 0.3 is 0 Å². The fourth-order valence-corrected chi connectivity index (χ4v) is 3.04. The van der Waals surface area contributed by atoms with Gasteiger partial charge in [-0.05, 0) is 19.9 Å². The highest BCUT2D eigenvalue weighted by Gasteiger charge is 2.30. The number of nitrogens with zero attached hydrogens (tertiary/aromatic N) is 3. The van der Waals surface area contributed by atoms with Crippen LogP contribution in [0.15, 0.2) is 30.5 Å². The first kappa shape index (κ1) is 15.3. The van der Waals surface area contributed by atoms with Crippen molar-refractivity contribution < 1.29 is 5.73 Å². The van der Waals surface area contributed by atoms with Crippen molar-refractivity contribution in [2.75, 3.05) is 18.0 Å². The molecular weight excluding hydrogens is 296 g/mol. The molecule has 1 aromatic carbocycles. The van der Waals surface area contributed by atoms with Gasteiger partial charge in [-0.2, -0.15) is 0 Å². The number of quaternary nitrogens is 1. The molecule has 1 saturated heterocycles. The predicted octanol–water partition coefficient (Wildman–Crippen LogP) is 2.71. The summed E-state index contributed by atoms with van der Waals surface area (Å²) in [5.74, 6) is 0.948. The van der Waals surface area contributed by atoms with E-state index in [1.54, 1.807) is 0 Å². The molecule has 5 heteroatoms. The highest BCUT2D eigenvalue weighted by Crippen LogP contribution is 2.29. The van der Waals surface area contributed by atoms with Crippen LogP contribution in [0.1, 0.15) is 25.5 Å². The molecule has 4 nitrogen and oxygen atoms in total. The molecular formula is C17H22ClN4+. The predicted molar refractivity (Wildman–Crippen MR) is 90.0 cm³/mol. The van der Waals surface area contributed by atoms with Crippen LogP contribution in [0.25, 0.3) is 11.3 Å². The van der Waals surface area contributed by atoms with E-state index >= 15 is 0 Å². The Balaban J connectivity index is 1.86. The Bertz CT molecular complexity index is 674. The largest absolute Gasteiger partial charge is 0.355 e. The molecule has 1 aliphatic rings. The molecule has 0 radical (unpaired) electrons. The molecule has 22 heavy (non-hydrogen) atoms. The van der Waals surface area contributed by atoms with Crippen LogP contribution in [0.3, 0.4) is 0 Å². The average Bonchev–Trinajstić information content (AvgIpc) is 2.48. The topological polar surface area (TPSA) is 56.7 Å². The van der Waals surface area contributed by atoms with Crippen molar-refractivity contribution in [3.8, 4) is 11.3 Å². The summed E-state index contributed by atoms with van der Waals surface area (Å²) in [4.78, 5) is 11.7. The quantitative estimate of drug-likeness (QED) is 0.926. The highest BCUT2D eigenvalue weighted by molar-refractivity contribution is 6.33. The van der Waals surface area contributed by atoms with E-state index in [9.17, 15) is 0 Å². The van der Waals surface area contributed by atoms with E-state index in [2.05, 4.69) is 22.5 Å². The van der Waals surface area contributed by atoms with Crippen LogP contribution < -0.4 is 10.6 Å². The summed E-state index contributed by atoms with van der Waals surface area (Å²) in [7, 11) is 0. The third kappa shape index (κ3) is 3.08. The number of aromatic nitrogens is 2. The van der Waals surface area contributed by atoms with Crippen molar-refractivity contribution in [1.29, 1.82) is 0 Å². The molecule has 0 spiro atoms. The molecule has 1 aliphatic heterocycles. The molecule has 1 aromatic heterocycles. The van der Waals surface area contributed by atoms with Crippen molar-refractivity contribution in [3.05, 3.63) is 41.2 Å². The zero-order valence-corrected chi connectivity index (χ0v) is 13.9. The van der Waals surface area contributed by atoms with Gasteiger partial charge in [0.1, 0.15) is 5.82 Å². The minimum Gasteiger partial charge on any atom is -0.355 e. The van der Waals surface area contributed by atoms with Crippen molar-refractivity contribution in [2.45, 2.75) is 32.2 Å². The Morgan fingerprint density at radius 3 is 2.55 bits per heavy atom. The Morgan fingerprint density at radius 1 is 1.23 bits per heavy atom. The zero-order chi connectivity index (χ0) is 15.7. The molecule has 1 fully saturated rings. The van der Waals surface area contributed by atoms with E-state index < -0.39 is 0 Å². The van der Waals surface area contributed by atoms with Crippen LogP contribution >= 0.6 is 11.6 Å². The van der Waals surface area contributed by atoms with Crippen molar-refractivity contribution in [1.82, 2.24) is 9.97 Å². The number of halogens is 1. The smallest absolute Gasteiger partial charge is 0.147 e. The van der Waals surface area contributed by atoms with Crippen molar-refractivity contribution in [2.24, 2.45) is 0 Å². The molecule has 0 aliphatic carbocycles. The summed E-state index contributed by atoms with van der Waals surface area (Å²) in [5.41, 5.74) is 7.15. The minimum absolute atomic E-state index is 0.191. The van der Waals surface area contributed by atoms with Gasteiger partial charge in [-0.1, -0.05) is 29.8 Å². The average molecular weight is 318 g/mol. The Labute approximate surface area is 136 Å². The zero-order valence-electron chi connectivity index (χ0n) is 13.1. The second kappa shape index (κ2) is 5.86. The highest BCUT2D eigenvalue weighted by atomic mass is 35.5. The summed E-state index contributed by atoms with van der Waals surface area (Å²) < 4.78 is 0. The Kier molecular flexibility index (Phi) is 4.06. The molecule has 0 unspecified atom stereocenters. The van der Waals surface area contributed by atoms with Gasteiger partial charge in [0.2, 0.25) is 0 Å². The monoisotopic (exact) mass is 317 g/mol. The minimum atomic E-state index is 0.191. The molecule has 3 N–H and O–H groups in total. The van der Waals surface area contributed by atoms with Gasteiger partial charge in [0, 0.05) is 31.5 Å². The second-order valence-corrected chi connectivity index (χ2v) is 6.85. The SMILES string of the molecule is Cc1nc(N2CCC(C)([NH3+])CC2)cnc1-c1ccccc1Cl. The van der Waals surface area contributed by atoms with E-state index in [1.165, 1.54) is 0 Å². The number of rotatable bonds is 2. The number of piperidine rings is 1. The summed E-state index contributed by atoms with van der Waals surface area (Å²) in [5, 5.41) is 0.707. The van der Waals surface area contributed by atoms with Gasteiger partial charge in [-0.25, -0.2) is 4.98 Å². The second-order valence-electron chi connectivity index (χ2n) is 6.44. The number of hydrogen-bond acceptors (Lipinski definition) is 3. The van der Waals surface area contributed by atoms with Gasteiger partial charge in [0.25, 0.3) is 0 Å². The van der Waals surface area contributed by atoms with E-state index in [0.717, 1.165) is 48.7 Å². The molecule has 0 saturated carbocycles. The number of benzene rings is 1. The third-order valence-electron chi connectivity index (χ3n) is 4.36. The maximum Gasteiger partial charge on any atom is 0.147 e. The Hall–Kier alpha value is -1.65. The number of aryl methyl sites for hydroxylation is 1. The number of hydrogen-bond donors (Lipinski definition) is 1. The fourth-order valence-electron chi connectivity index (χ4n) is 2.82. The maximum atomic E-state index is 6.27. The lowest BCUT2D eigenvalue weighted by Crippen LogP contribution is -2.73. The first-order valence-electron chi connectivity index (χ1n) is 7.65. The van der Waals surface area contributed by atoms with Gasteiger partial charge in [0.15, 0.2) is 0 Å². The first-order chi connectivity index (χ1) is 10.5. The van der Waals surface area contributed by atoms with Crippen molar-refractivity contribution in [3.63, 3.8) is 0 Å². The van der Waals surface area contributed by atoms with Gasteiger partial charge < -0.3 is 10.6 Å². The van der Waals surface area contributed by atoms with Crippen molar-refractivity contribution >= 4 is 17.4 Å². The van der Waals surface area contributed by atoms with E-state index in [4.69, 9.17) is 16.6 Å². The van der Waals surface area contributed by atoms with Crippen LogP contribution in [0.4, 0.5) is 5.82 Å². The fraction of sp³-hybridized carbons (Fsp3) is 0.412. The van der Waals surface area contributed by atoms with E-state index in [1.807, 2.05) is 37.4 Å². The molecule has 0 amide bonds. The summed E-state index contributed by atoms with van der Waals surface area (Å²) in [6, 6.07) is 7.75.